The van der Waals surface area contributed by atoms with Gasteiger partial charge in [0.2, 0.25) is 0 Å². The molecule has 2 aromatic carbocycles. The van der Waals surface area contributed by atoms with Crippen LogP contribution >= 0.6 is 46.4 Å². The Balaban J connectivity index is 1.78. The fourth-order valence-electron chi connectivity index (χ4n) is 1.88. The van der Waals surface area contributed by atoms with E-state index < -0.39 is 0 Å². The summed E-state index contributed by atoms with van der Waals surface area (Å²) in [5.41, 5.74) is 4.44. The summed E-state index contributed by atoms with van der Waals surface area (Å²) in [5, 5.41) is 14.1. The van der Waals surface area contributed by atoms with E-state index in [0.29, 0.717) is 37.2 Å². The minimum atomic E-state index is 0.467. The van der Waals surface area contributed by atoms with E-state index in [2.05, 4.69) is 20.8 Å². The lowest BCUT2D eigenvalue weighted by Crippen LogP contribution is -1.95. The second-order valence-corrected chi connectivity index (χ2v) is 6.31. The van der Waals surface area contributed by atoms with Crippen LogP contribution in [0.4, 0.5) is 5.69 Å². The molecule has 0 saturated heterocycles. The summed E-state index contributed by atoms with van der Waals surface area (Å²) in [5.74, 6) is 0. The predicted octanol–water partition coefficient (Wildman–Crippen LogP) is 5.33. The topological polar surface area (TPSA) is 55.1 Å². The molecule has 5 nitrogen and oxygen atoms in total. The summed E-state index contributed by atoms with van der Waals surface area (Å²) in [6.45, 7) is 0. The third-order valence-corrected chi connectivity index (χ3v) is 4.19. The van der Waals surface area contributed by atoms with Gasteiger partial charge in [0.05, 0.1) is 38.9 Å². The van der Waals surface area contributed by atoms with Crippen molar-refractivity contribution in [3.05, 3.63) is 68.4 Å². The molecular weight excluding hydrogens is 392 g/mol. The summed E-state index contributed by atoms with van der Waals surface area (Å²) >= 11 is 24.2. The molecule has 1 aromatic heterocycles. The zero-order chi connectivity index (χ0) is 17.1. The van der Waals surface area contributed by atoms with Crippen LogP contribution in [0.3, 0.4) is 0 Å². The first kappa shape index (κ1) is 17.0. The SMILES string of the molecule is Clc1ccc(Cl)c(-n2cc(/C=N/Nc3c(Cl)cccc3Cl)nn2)c1. The van der Waals surface area contributed by atoms with Crippen molar-refractivity contribution in [3.63, 3.8) is 0 Å². The van der Waals surface area contributed by atoms with Gasteiger partial charge in [0.25, 0.3) is 0 Å². The highest BCUT2D eigenvalue weighted by molar-refractivity contribution is 6.39. The lowest BCUT2D eigenvalue weighted by Gasteiger charge is -2.04. The molecule has 24 heavy (non-hydrogen) atoms. The molecule has 3 rings (SSSR count). The number of hydrogen-bond acceptors (Lipinski definition) is 4. The molecule has 1 N–H and O–H groups in total. The Morgan fingerprint density at radius 2 is 1.75 bits per heavy atom. The van der Waals surface area contributed by atoms with Crippen molar-refractivity contribution in [1.29, 1.82) is 0 Å². The molecule has 0 saturated carbocycles. The van der Waals surface area contributed by atoms with Gasteiger partial charge in [-0.15, -0.1) is 5.10 Å². The van der Waals surface area contributed by atoms with Gasteiger partial charge >= 0.3 is 0 Å². The second kappa shape index (κ2) is 7.40. The van der Waals surface area contributed by atoms with Gasteiger partial charge in [-0.25, -0.2) is 4.68 Å². The van der Waals surface area contributed by atoms with Gasteiger partial charge in [-0.2, -0.15) is 5.10 Å². The number of anilines is 1. The molecule has 0 aliphatic carbocycles. The van der Waals surface area contributed by atoms with Crippen molar-refractivity contribution in [3.8, 4) is 5.69 Å². The number of benzene rings is 2. The Morgan fingerprint density at radius 3 is 2.50 bits per heavy atom. The van der Waals surface area contributed by atoms with E-state index in [-0.39, 0.29) is 0 Å². The van der Waals surface area contributed by atoms with Crippen LogP contribution in [-0.4, -0.2) is 21.2 Å². The maximum Gasteiger partial charge on any atom is 0.126 e. The van der Waals surface area contributed by atoms with Crippen molar-refractivity contribution in [2.45, 2.75) is 0 Å². The Hall–Kier alpha value is -1.79. The number of rotatable bonds is 4. The molecule has 0 fully saturated rings. The highest BCUT2D eigenvalue weighted by Crippen LogP contribution is 2.29. The van der Waals surface area contributed by atoms with Crippen molar-refractivity contribution in [1.82, 2.24) is 15.0 Å². The van der Waals surface area contributed by atoms with Crippen LogP contribution in [0, 0.1) is 0 Å². The Morgan fingerprint density at radius 1 is 1.00 bits per heavy atom. The molecule has 0 bridgehead atoms. The predicted molar refractivity (Wildman–Crippen MR) is 99.1 cm³/mol. The first-order valence-electron chi connectivity index (χ1n) is 6.65. The Labute approximate surface area is 157 Å². The van der Waals surface area contributed by atoms with E-state index >= 15 is 0 Å². The number of hydrogen-bond donors (Lipinski definition) is 1. The summed E-state index contributed by atoms with van der Waals surface area (Å²) < 4.78 is 1.51. The molecular formula is C15H9Cl4N5. The van der Waals surface area contributed by atoms with Gasteiger partial charge in [0.1, 0.15) is 5.69 Å². The molecule has 0 aliphatic heterocycles. The molecule has 9 heteroatoms. The molecule has 1 heterocycles. The zero-order valence-corrected chi connectivity index (χ0v) is 14.9. The van der Waals surface area contributed by atoms with Gasteiger partial charge < -0.3 is 0 Å². The summed E-state index contributed by atoms with van der Waals surface area (Å²) in [6, 6.07) is 10.3. The zero-order valence-electron chi connectivity index (χ0n) is 11.9. The van der Waals surface area contributed by atoms with E-state index in [4.69, 9.17) is 46.4 Å². The smallest absolute Gasteiger partial charge is 0.126 e. The van der Waals surface area contributed by atoms with Crippen LogP contribution < -0.4 is 5.43 Å². The van der Waals surface area contributed by atoms with Crippen LogP contribution in [0.15, 0.2) is 47.7 Å². The van der Waals surface area contributed by atoms with Crippen LogP contribution in [-0.2, 0) is 0 Å². The van der Waals surface area contributed by atoms with Crippen molar-refractivity contribution >= 4 is 58.3 Å². The fraction of sp³-hybridized carbons (Fsp3) is 0. The molecule has 0 aliphatic rings. The third kappa shape index (κ3) is 3.82. The van der Waals surface area contributed by atoms with Crippen molar-refractivity contribution in [2.24, 2.45) is 5.10 Å². The first-order valence-corrected chi connectivity index (χ1v) is 8.16. The van der Waals surface area contributed by atoms with Crippen LogP contribution in [0.5, 0.6) is 0 Å². The maximum atomic E-state index is 6.14. The lowest BCUT2D eigenvalue weighted by molar-refractivity contribution is 0.803. The van der Waals surface area contributed by atoms with Gasteiger partial charge in [-0.05, 0) is 30.3 Å². The molecule has 0 atom stereocenters. The van der Waals surface area contributed by atoms with Crippen LogP contribution in [0.1, 0.15) is 5.69 Å². The van der Waals surface area contributed by atoms with E-state index in [1.807, 2.05) is 0 Å². The fourth-order valence-corrected chi connectivity index (χ4v) is 2.74. The normalized spacial score (nSPS) is 11.2. The molecule has 0 spiro atoms. The molecule has 0 radical (unpaired) electrons. The minimum absolute atomic E-state index is 0.467. The van der Waals surface area contributed by atoms with Gasteiger partial charge in [0.15, 0.2) is 0 Å². The number of nitrogens with one attached hydrogen (secondary N) is 1. The van der Waals surface area contributed by atoms with Crippen molar-refractivity contribution in [2.75, 3.05) is 5.43 Å². The lowest BCUT2D eigenvalue weighted by atomic mass is 10.3. The summed E-state index contributed by atoms with van der Waals surface area (Å²) in [4.78, 5) is 0. The van der Waals surface area contributed by atoms with Gasteiger partial charge in [-0.3, -0.25) is 5.43 Å². The van der Waals surface area contributed by atoms with Crippen molar-refractivity contribution < 1.29 is 0 Å². The van der Waals surface area contributed by atoms with E-state index in [1.54, 1.807) is 42.6 Å². The maximum absolute atomic E-state index is 6.14. The quantitative estimate of drug-likeness (QED) is 0.475. The standard InChI is InChI=1S/C15H9Cl4N5/c16-9-4-5-11(17)14(6-9)24-8-10(21-23-24)7-20-22-15-12(18)2-1-3-13(15)19/h1-8,22H/b20-7+. The molecule has 0 unspecified atom stereocenters. The highest BCUT2D eigenvalue weighted by Gasteiger charge is 2.07. The third-order valence-electron chi connectivity index (χ3n) is 3.00. The molecule has 122 valence electrons. The average Bonchev–Trinajstić information content (AvgIpc) is 3.01. The summed E-state index contributed by atoms with van der Waals surface area (Å²) in [6.07, 6.45) is 3.15. The Bertz CT molecular complexity index is 886. The van der Waals surface area contributed by atoms with Crippen LogP contribution in [0.25, 0.3) is 5.69 Å². The first-order chi connectivity index (χ1) is 11.5. The number of nitrogens with zero attached hydrogens (tertiary/aromatic N) is 4. The largest absolute Gasteiger partial charge is 0.275 e. The van der Waals surface area contributed by atoms with Gasteiger partial charge in [-0.1, -0.05) is 57.7 Å². The number of halogens is 4. The van der Waals surface area contributed by atoms with E-state index in [0.717, 1.165) is 0 Å². The van der Waals surface area contributed by atoms with Gasteiger partial charge in [0, 0.05) is 5.02 Å². The summed E-state index contributed by atoms with van der Waals surface area (Å²) in [7, 11) is 0. The molecule has 0 amide bonds. The minimum Gasteiger partial charge on any atom is -0.275 e. The highest BCUT2D eigenvalue weighted by atomic mass is 35.5. The molecule has 3 aromatic rings. The number of aromatic nitrogens is 3. The number of hydrazone groups is 1. The second-order valence-electron chi connectivity index (χ2n) is 4.65. The number of para-hydroxylation sites is 1. The van der Waals surface area contributed by atoms with E-state index in [1.165, 1.54) is 10.9 Å². The van der Waals surface area contributed by atoms with Crippen LogP contribution in [0.2, 0.25) is 20.1 Å². The average molecular weight is 401 g/mol. The monoisotopic (exact) mass is 399 g/mol. The van der Waals surface area contributed by atoms with E-state index in [9.17, 15) is 0 Å². The Kier molecular flexibility index (Phi) is 5.26.